The number of hydrogen-bond acceptors (Lipinski definition) is 10. The van der Waals surface area contributed by atoms with E-state index in [0.717, 1.165) is 12.8 Å². The van der Waals surface area contributed by atoms with Crippen LogP contribution in [-0.4, -0.2) is 82.1 Å². The maximum absolute atomic E-state index is 13.9. The van der Waals surface area contributed by atoms with E-state index in [1.54, 1.807) is 58.6 Å². The summed E-state index contributed by atoms with van der Waals surface area (Å²) in [4.78, 5) is 48.0. The number of benzene rings is 1. The average Bonchev–Trinajstić information content (AvgIpc) is 3.59. The Morgan fingerprint density at radius 1 is 1.04 bits per heavy atom. The molecule has 3 heterocycles. The molecule has 2 bridgehead atoms. The van der Waals surface area contributed by atoms with E-state index in [-0.39, 0.29) is 40.1 Å². The summed E-state index contributed by atoms with van der Waals surface area (Å²) in [7, 11) is -0.446. The van der Waals surface area contributed by atoms with Gasteiger partial charge >= 0.3 is 19.2 Å². The largest absolute Gasteiger partial charge is 0.514 e. The minimum Gasteiger partial charge on any atom is -0.486 e. The molecule has 2 saturated heterocycles. The number of ether oxygens (including phenoxy) is 4. The molecule has 4 atom stereocenters. The summed E-state index contributed by atoms with van der Waals surface area (Å²) < 4.78 is 36.5. The molecule has 5 aliphatic rings. The Morgan fingerprint density at radius 2 is 1.75 bits per heavy atom. The fourth-order valence-electron chi connectivity index (χ4n) is 7.65. The second-order valence-corrected chi connectivity index (χ2v) is 16.3. The third kappa shape index (κ3) is 6.68. The van der Waals surface area contributed by atoms with Crippen LogP contribution >= 0.6 is 0 Å². The predicted octanol–water partition coefficient (Wildman–Crippen LogP) is 5.85. The number of nitrogens with zero attached hydrogens (tertiary/aromatic N) is 2. The molecular weight excluding hydrogens is 617 g/mol. The Hall–Kier alpha value is -3.58. The number of imidazole rings is 1. The Balaban J connectivity index is 1.26. The van der Waals surface area contributed by atoms with Crippen molar-refractivity contribution in [2.45, 2.75) is 117 Å². The van der Waals surface area contributed by atoms with E-state index in [4.69, 9.17) is 28.3 Å². The van der Waals surface area contributed by atoms with Gasteiger partial charge in [-0.05, 0) is 103 Å². The average molecular weight is 666 g/mol. The minimum atomic E-state index is -0.959. The van der Waals surface area contributed by atoms with Gasteiger partial charge in [-0.2, -0.15) is 0 Å². The van der Waals surface area contributed by atoms with E-state index < -0.39 is 36.5 Å². The minimum absolute atomic E-state index is 0.00531. The Bertz CT molecular complexity index is 1560. The Morgan fingerprint density at radius 3 is 2.38 bits per heavy atom. The standard InChI is InChI=1S/C35H48BN3O9/c1-32(2,3)45-30(41)27-24(43-22-17-39(18-22)29(40)23-16-37-19-38-23)11-10-20(28(27)44-31(42)46-33(4,5)6)12-13-36-47-26-15-21-14-25(34(21,7)8)35(26,9)48-36/h10-11,16,19,21-22,25-26H,12-15,17-18H2,1-9H3,(H,37,38)/t21-,25-,26+,35-/m0/s1. The Labute approximate surface area is 282 Å². The van der Waals surface area contributed by atoms with Crippen LogP contribution in [0.4, 0.5) is 4.79 Å². The number of hydrogen-bond donors (Lipinski definition) is 1. The second-order valence-electron chi connectivity index (χ2n) is 16.3. The van der Waals surface area contributed by atoms with E-state index in [2.05, 4.69) is 30.7 Å². The van der Waals surface area contributed by atoms with Gasteiger partial charge in [-0.25, -0.2) is 14.6 Å². The van der Waals surface area contributed by atoms with Gasteiger partial charge in [0.05, 0.1) is 37.3 Å². The molecule has 48 heavy (non-hydrogen) atoms. The zero-order valence-electron chi connectivity index (χ0n) is 29.5. The van der Waals surface area contributed by atoms with Gasteiger partial charge in [-0.1, -0.05) is 19.9 Å². The zero-order valence-corrected chi connectivity index (χ0v) is 29.5. The monoisotopic (exact) mass is 665 g/mol. The number of carbonyl (C=O) groups is 3. The van der Waals surface area contributed by atoms with Crippen LogP contribution in [0.5, 0.6) is 11.5 Å². The van der Waals surface area contributed by atoms with Crippen LogP contribution in [0, 0.1) is 17.3 Å². The summed E-state index contributed by atoms with van der Waals surface area (Å²) in [5, 5.41) is 0. The highest BCUT2D eigenvalue weighted by molar-refractivity contribution is 6.45. The first-order valence-electron chi connectivity index (χ1n) is 16.9. The third-order valence-corrected chi connectivity index (χ3v) is 10.2. The lowest BCUT2D eigenvalue weighted by atomic mass is 9.43. The van der Waals surface area contributed by atoms with Gasteiger partial charge in [0, 0.05) is 0 Å². The summed E-state index contributed by atoms with van der Waals surface area (Å²) in [5.41, 5.74) is -0.876. The van der Waals surface area contributed by atoms with Crippen LogP contribution in [0.3, 0.4) is 0 Å². The van der Waals surface area contributed by atoms with Gasteiger partial charge < -0.3 is 38.1 Å². The molecule has 5 fully saturated rings. The topological polar surface area (TPSA) is 139 Å². The van der Waals surface area contributed by atoms with Crippen LogP contribution in [-0.2, 0) is 25.2 Å². The SMILES string of the molecule is CC(C)(C)OC(=O)Oc1c(CCB2O[C@@H]3C[C@@H]4C[C@@H](C4(C)C)[C@]3(C)O2)ccc(OC2CN(C(=O)c3cnc[nH]3)C2)c1C(=O)OC(C)(C)C. The fourth-order valence-corrected chi connectivity index (χ4v) is 7.65. The van der Waals surface area contributed by atoms with Crippen molar-refractivity contribution in [3.05, 3.63) is 41.5 Å². The summed E-state index contributed by atoms with van der Waals surface area (Å²) in [6.45, 7) is 17.9. The molecular formula is C35H48BN3O9. The lowest BCUT2D eigenvalue weighted by Gasteiger charge is -2.64. The highest BCUT2D eigenvalue weighted by Crippen LogP contribution is 2.65. The maximum atomic E-state index is 13.9. The molecule has 12 nitrogen and oxygen atoms in total. The van der Waals surface area contributed by atoms with Crippen molar-refractivity contribution in [1.29, 1.82) is 0 Å². The van der Waals surface area contributed by atoms with Crippen LogP contribution in [0.2, 0.25) is 6.32 Å². The molecule has 1 N–H and O–H groups in total. The molecule has 2 aromatic rings. The van der Waals surface area contributed by atoms with Crippen molar-refractivity contribution >= 4 is 25.2 Å². The highest BCUT2D eigenvalue weighted by Gasteiger charge is 2.67. The van der Waals surface area contributed by atoms with Gasteiger partial charge in [0.1, 0.15) is 34.3 Å². The third-order valence-electron chi connectivity index (χ3n) is 10.2. The number of esters is 1. The van der Waals surface area contributed by atoms with Crippen molar-refractivity contribution in [2.24, 2.45) is 17.3 Å². The zero-order chi connectivity index (χ0) is 34.8. The molecule has 1 amide bonds. The van der Waals surface area contributed by atoms with Gasteiger partial charge in [0.15, 0.2) is 5.75 Å². The number of carbonyl (C=O) groups excluding carboxylic acids is 3. The van der Waals surface area contributed by atoms with Crippen LogP contribution in [0.15, 0.2) is 24.7 Å². The van der Waals surface area contributed by atoms with Crippen LogP contribution in [0.25, 0.3) is 0 Å². The van der Waals surface area contributed by atoms with Gasteiger partial charge in [0.2, 0.25) is 0 Å². The fraction of sp³-hybridized carbons (Fsp3) is 0.657. The van der Waals surface area contributed by atoms with E-state index in [0.29, 0.717) is 48.9 Å². The van der Waals surface area contributed by atoms with Crippen molar-refractivity contribution < 1.29 is 42.6 Å². The molecule has 7 rings (SSSR count). The highest BCUT2D eigenvalue weighted by atomic mass is 16.7. The van der Waals surface area contributed by atoms with E-state index in [1.807, 2.05) is 0 Å². The molecule has 0 radical (unpaired) electrons. The number of nitrogens with one attached hydrogen (secondary N) is 1. The van der Waals surface area contributed by atoms with Crippen LogP contribution < -0.4 is 9.47 Å². The molecule has 3 aliphatic carbocycles. The second kappa shape index (κ2) is 12.1. The number of aromatic amines is 1. The molecule has 2 aliphatic heterocycles. The number of likely N-dealkylation sites (tertiary alicyclic amines) is 1. The lowest BCUT2D eigenvalue weighted by Crippen LogP contribution is -2.65. The number of H-pyrrole nitrogens is 1. The summed E-state index contributed by atoms with van der Waals surface area (Å²) in [5.74, 6) is 0.334. The van der Waals surface area contributed by atoms with E-state index >= 15 is 0 Å². The van der Waals surface area contributed by atoms with Gasteiger partial charge in [-0.15, -0.1) is 0 Å². The number of aromatic nitrogens is 2. The number of rotatable bonds is 8. The predicted molar refractivity (Wildman–Crippen MR) is 176 cm³/mol. The van der Waals surface area contributed by atoms with Crippen molar-refractivity contribution in [3.63, 3.8) is 0 Å². The lowest BCUT2D eigenvalue weighted by molar-refractivity contribution is -0.199. The van der Waals surface area contributed by atoms with Crippen LogP contribution in [0.1, 0.15) is 102 Å². The molecule has 260 valence electrons. The Kier molecular flexibility index (Phi) is 8.63. The first kappa shape index (κ1) is 34.3. The van der Waals surface area contributed by atoms with E-state index in [1.165, 1.54) is 12.5 Å². The molecule has 1 aromatic heterocycles. The van der Waals surface area contributed by atoms with Gasteiger partial charge in [0.25, 0.3) is 5.91 Å². The normalized spacial score (nSPS) is 26.2. The van der Waals surface area contributed by atoms with Crippen molar-refractivity contribution in [3.8, 4) is 11.5 Å². The molecule has 13 heteroatoms. The number of aryl methyl sites for hydroxylation is 1. The summed E-state index contributed by atoms with van der Waals surface area (Å²) >= 11 is 0. The smallest absolute Gasteiger partial charge is 0.486 e. The number of amides is 1. The quantitative estimate of drug-likeness (QED) is 0.208. The van der Waals surface area contributed by atoms with E-state index in [9.17, 15) is 14.4 Å². The summed E-state index contributed by atoms with van der Waals surface area (Å²) in [6.07, 6.45) is 4.58. The van der Waals surface area contributed by atoms with Gasteiger partial charge in [-0.3, -0.25) is 4.79 Å². The molecule has 1 aromatic carbocycles. The maximum Gasteiger partial charge on any atom is 0.514 e. The van der Waals surface area contributed by atoms with Crippen molar-refractivity contribution in [1.82, 2.24) is 14.9 Å². The molecule has 0 spiro atoms. The molecule has 3 saturated carbocycles. The first-order chi connectivity index (χ1) is 22.3. The van der Waals surface area contributed by atoms with Crippen molar-refractivity contribution in [2.75, 3.05) is 13.1 Å². The molecule has 0 unspecified atom stereocenters. The first-order valence-corrected chi connectivity index (χ1v) is 16.9. The summed E-state index contributed by atoms with van der Waals surface area (Å²) in [6, 6.07) is 3.46.